The Bertz CT molecular complexity index is 480. The molecule has 0 aromatic carbocycles. The lowest BCUT2D eigenvalue weighted by Crippen LogP contribution is -2.26. The molecule has 6 nitrogen and oxygen atoms in total. The number of rotatable bonds is 5. The standard InChI is InChI=1S/C10H12N4O2S/c1-16-6-10(15)11-4-8-5-14(13-12-8)9-2-3-17-7-9/h2-3,5,7H,4,6H2,1H3,(H,11,15). The van der Waals surface area contributed by atoms with Gasteiger partial charge in [-0.1, -0.05) is 5.21 Å². The van der Waals surface area contributed by atoms with Crippen LogP contribution in [0, 0.1) is 0 Å². The largest absolute Gasteiger partial charge is 0.375 e. The van der Waals surface area contributed by atoms with Gasteiger partial charge in [0.2, 0.25) is 5.91 Å². The van der Waals surface area contributed by atoms with Crippen molar-refractivity contribution in [3.63, 3.8) is 0 Å². The lowest BCUT2D eigenvalue weighted by Gasteiger charge is -2.00. The first-order valence-electron chi connectivity index (χ1n) is 4.99. The Morgan fingerprint density at radius 2 is 2.53 bits per heavy atom. The Labute approximate surface area is 102 Å². The summed E-state index contributed by atoms with van der Waals surface area (Å²) in [7, 11) is 1.48. The summed E-state index contributed by atoms with van der Waals surface area (Å²) >= 11 is 1.59. The van der Waals surface area contributed by atoms with Crippen LogP contribution >= 0.6 is 11.3 Å². The van der Waals surface area contributed by atoms with Crippen LogP contribution in [0.3, 0.4) is 0 Å². The number of thiophene rings is 1. The molecule has 17 heavy (non-hydrogen) atoms. The SMILES string of the molecule is COCC(=O)NCc1cn(-c2ccsc2)nn1. The molecule has 2 rings (SSSR count). The van der Waals surface area contributed by atoms with Crippen LogP contribution in [0.1, 0.15) is 5.69 Å². The summed E-state index contributed by atoms with van der Waals surface area (Å²) in [5.41, 5.74) is 1.68. The van der Waals surface area contributed by atoms with E-state index < -0.39 is 0 Å². The second kappa shape index (κ2) is 5.55. The van der Waals surface area contributed by atoms with E-state index in [4.69, 9.17) is 4.74 Å². The third-order valence-corrected chi connectivity index (χ3v) is 2.72. The molecular weight excluding hydrogens is 240 g/mol. The Kier molecular flexibility index (Phi) is 3.84. The van der Waals surface area contributed by atoms with E-state index in [-0.39, 0.29) is 12.5 Å². The molecule has 0 saturated heterocycles. The quantitative estimate of drug-likeness (QED) is 0.845. The van der Waals surface area contributed by atoms with Crippen molar-refractivity contribution in [1.82, 2.24) is 20.3 Å². The first kappa shape index (κ1) is 11.7. The van der Waals surface area contributed by atoms with Gasteiger partial charge in [-0.2, -0.15) is 11.3 Å². The van der Waals surface area contributed by atoms with Crippen molar-refractivity contribution in [2.45, 2.75) is 6.54 Å². The van der Waals surface area contributed by atoms with Crippen LogP contribution in [0.5, 0.6) is 0 Å². The first-order chi connectivity index (χ1) is 8.29. The van der Waals surface area contributed by atoms with Crippen LogP contribution in [-0.2, 0) is 16.1 Å². The molecule has 0 aliphatic carbocycles. The van der Waals surface area contributed by atoms with Gasteiger partial charge in [0, 0.05) is 12.5 Å². The lowest BCUT2D eigenvalue weighted by molar-refractivity contribution is -0.124. The topological polar surface area (TPSA) is 69.0 Å². The molecule has 7 heteroatoms. The summed E-state index contributed by atoms with van der Waals surface area (Å²) in [5, 5.41) is 14.6. The van der Waals surface area contributed by atoms with Gasteiger partial charge in [0.15, 0.2) is 0 Å². The summed E-state index contributed by atoms with van der Waals surface area (Å²) in [6.45, 7) is 0.408. The number of hydrogen-bond donors (Lipinski definition) is 1. The molecule has 1 N–H and O–H groups in total. The maximum atomic E-state index is 11.2. The van der Waals surface area contributed by atoms with Crippen LogP contribution in [0.25, 0.3) is 5.69 Å². The molecule has 2 heterocycles. The smallest absolute Gasteiger partial charge is 0.246 e. The predicted molar refractivity (Wildman–Crippen MR) is 63.0 cm³/mol. The average molecular weight is 252 g/mol. The van der Waals surface area contributed by atoms with E-state index in [0.717, 1.165) is 5.69 Å². The first-order valence-corrected chi connectivity index (χ1v) is 5.93. The van der Waals surface area contributed by atoms with Crippen molar-refractivity contribution in [3.8, 4) is 5.69 Å². The van der Waals surface area contributed by atoms with Crippen molar-refractivity contribution in [2.24, 2.45) is 0 Å². The number of ether oxygens (including phenoxy) is 1. The number of carbonyl (C=O) groups excluding carboxylic acids is 1. The molecule has 0 bridgehead atoms. The van der Waals surface area contributed by atoms with Crippen molar-refractivity contribution in [1.29, 1.82) is 0 Å². The monoisotopic (exact) mass is 252 g/mol. The molecule has 0 saturated carbocycles. The Balaban J connectivity index is 1.93. The molecule has 0 fully saturated rings. The number of aromatic nitrogens is 3. The Morgan fingerprint density at radius 3 is 3.24 bits per heavy atom. The predicted octanol–water partition coefficient (Wildman–Crippen LogP) is 0.591. The number of amides is 1. The fraction of sp³-hybridized carbons (Fsp3) is 0.300. The van der Waals surface area contributed by atoms with E-state index in [2.05, 4.69) is 15.6 Å². The van der Waals surface area contributed by atoms with Gasteiger partial charge in [-0.3, -0.25) is 4.79 Å². The van der Waals surface area contributed by atoms with Gasteiger partial charge < -0.3 is 10.1 Å². The molecule has 0 aliphatic rings. The highest BCUT2D eigenvalue weighted by Gasteiger charge is 2.05. The number of nitrogens with zero attached hydrogens (tertiary/aromatic N) is 3. The fourth-order valence-corrected chi connectivity index (χ4v) is 1.89. The molecule has 2 aromatic heterocycles. The summed E-state index contributed by atoms with van der Waals surface area (Å²) in [6, 6.07) is 1.95. The van der Waals surface area contributed by atoms with E-state index in [1.54, 1.807) is 22.2 Å². The van der Waals surface area contributed by atoms with Crippen LogP contribution in [0.15, 0.2) is 23.0 Å². The zero-order valence-corrected chi connectivity index (χ0v) is 10.1. The zero-order chi connectivity index (χ0) is 12.1. The fourth-order valence-electron chi connectivity index (χ4n) is 1.26. The van der Waals surface area contributed by atoms with Gasteiger partial charge in [0.1, 0.15) is 12.3 Å². The van der Waals surface area contributed by atoms with Gasteiger partial charge in [-0.25, -0.2) is 4.68 Å². The number of methoxy groups -OCH3 is 1. The van der Waals surface area contributed by atoms with E-state index in [1.165, 1.54) is 7.11 Å². The maximum absolute atomic E-state index is 11.2. The maximum Gasteiger partial charge on any atom is 0.246 e. The second-order valence-electron chi connectivity index (χ2n) is 3.35. The molecule has 0 unspecified atom stereocenters. The number of nitrogens with one attached hydrogen (secondary N) is 1. The second-order valence-corrected chi connectivity index (χ2v) is 4.13. The molecule has 0 atom stereocenters. The highest BCUT2D eigenvalue weighted by Crippen LogP contribution is 2.10. The summed E-state index contributed by atoms with van der Waals surface area (Å²) < 4.78 is 6.38. The minimum atomic E-state index is -0.169. The number of carbonyl (C=O) groups is 1. The van der Waals surface area contributed by atoms with E-state index in [9.17, 15) is 4.79 Å². The van der Waals surface area contributed by atoms with Crippen molar-refractivity contribution in [3.05, 3.63) is 28.7 Å². The molecule has 0 spiro atoms. The Hall–Kier alpha value is -1.73. The van der Waals surface area contributed by atoms with Crippen molar-refractivity contribution in [2.75, 3.05) is 13.7 Å². The van der Waals surface area contributed by atoms with Crippen molar-refractivity contribution < 1.29 is 9.53 Å². The minimum absolute atomic E-state index is 0.0542. The van der Waals surface area contributed by atoms with Gasteiger partial charge >= 0.3 is 0 Å². The molecule has 90 valence electrons. The van der Waals surface area contributed by atoms with Gasteiger partial charge in [-0.05, 0) is 11.4 Å². The van der Waals surface area contributed by atoms with Gasteiger partial charge in [-0.15, -0.1) is 5.10 Å². The normalized spacial score (nSPS) is 10.4. The lowest BCUT2D eigenvalue weighted by atomic mass is 10.4. The summed E-state index contributed by atoms with van der Waals surface area (Å²) in [5.74, 6) is -0.169. The van der Waals surface area contributed by atoms with E-state index in [0.29, 0.717) is 12.2 Å². The van der Waals surface area contributed by atoms with Crippen molar-refractivity contribution >= 4 is 17.2 Å². The average Bonchev–Trinajstić information content (AvgIpc) is 2.97. The molecular formula is C10H12N4O2S. The highest BCUT2D eigenvalue weighted by atomic mass is 32.1. The summed E-state index contributed by atoms with van der Waals surface area (Å²) in [6.07, 6.45) is 1.79. The third-order valence-electron chi connectivity index (χ3n) is 2.05. The third kappa shape index (κ3) is 3.11. The molecule has 0 aliphatic heterocycles. The van der Waals surface area contributed by atoms with Gasteiger partial charge in [0.05, 0.1) is 18.4 Å². The number of hydrogen-bond acceptors (Lipinski definition) is 5. The highest BCUT2D eigenvalue weighted by molar-refractivity contribution is 7.08. The minimum Gasteiger partial charge on any atom is -0.375 e. The van der Waals surface area contributed by atoms with Crippen LogP contribution < -0.4 is 5.32 Å². The van der Waals surface area contributed by atoms with Gasteiger partial charge in [0.25, 0.3) is 0 Å². The zero-order valence-electron chi connectivity index (χ0n) is 9.29. The molecule has 1 amide bonds. The van der Waals surface area contributed by atoms with E-state index >= 15 is 0 Å². The van der Waals surface area contributed by atoms with Crippen LogP contribution in [-0.4, -0.2) is 34.6 Å². The molecule has 2 aromatic rings. The molecule has 0 radical (unpaired) electrons. The summed E-state index contributed by atoms with van der Waals surface area (Å²) in [4.78, 5) is 11.2. The van der Waals surface area contributed by atoms with E-state index in [1.807, 2.05) is 16.8 Å². The van der Waals surface area contributed by atoms with Crippen LogP contribution in [0.4, 0.5) is 0 Å². The Morgan fingerprint density at radius 1 is 1.65 bits per heavy atom. The van der Waals surface area contributed by atoms with Crippen LogP contribution in [0.2, 0.25) is 0 Å².